The molecule has 0 aliphatic rings. The first kappa shape index (κ1) is 13.1. The van der Waals surface area contributed by atoms with E-state index in [0.29, 0.717) is 0 Å². The van der Waals surface area contributed by atoms with Crippen LogP contribution < -0.4 is 0 Å². The van der Waals surface area contributed by atoms with Crippen LogP contribution in [0, 0.1) is 6.92 Å². The van der Waals surface area contributed by atoms with Crippen LogP contribution in [0.1, 0.15) is 29.4 Å². The summed E-state index contributed by atoms with van der Waals surface area (Å²) in [5, 5.41) is 0.877. The highest BCUT2D eigenvalue weighted by atomic mass is 35.5. The summed E-state index contributed by atoms with van der Waals surface area (Å²) in [6.07, 6.45) is 2.91. The van der Waals surface area contributed by atoms with Crippen LogP contribution in [0.4, 0.5) is 0 Å². The van der Waals surface area contributed by atoms with Crippen molar-refractivity contribution in [2.24, 2.45) is 0 Å². The Morgan fingerprint density at radius 1 is 1.11 bits per heavy atom. The van der Waals surface area contributed by atoms with Gasteiger partial charge >= 0.3 is 0 Å². The molecule has 0 saturated carbocycles. The first-order valence-corrected chi connectivity index (χ1v) is 6.76. The average Bonchev–Trinajstić information content (AvgIpc) is 2.37. The highest BCUT2D eigenvalue weighted by molar-refractivity contribution is 6.31. The van der Waals surface area contributed by atoms with E-state index in [1.54, 1.807) is 0 Å². The molecule has 0 radical (unpaired) electrons. The predicted octanol–water partition coefficient (Wildman–Crippen LogP) is 4.39. The van der Waals surface area contributed by atoms with Crippen LogP contribution in [0.5, 0.6) is 0 Å². The van der Waals surface area contributed by atoms with E-state index < -0.39 is 0 Å². The molecule has 0 spiro atoms. The minimum absolute atomic E-state index is 0.877. The maximum atomic E-state index is 6.29. The van der Waals surface area contributed by atoms with Crippen LogP contribution in [0.3, 0.4) is 0 Å². The van der Waals surface area contributed by atoms with Gasteiger partial charge in [-0.3, -0.25) is 4.98 Å². The lowest BCUT2D eigenvalue weighted by Gasteiger charge is -2.06. The Bertz CT molecular complexity index is 534. The standard InChI is InChI=1S/C16H18ClN/c1-3-13-7-8-14(16(17)11-13)9-10-15-6-4-5-12(2)18-15/h4-8,11H,3,9-10H2,1-2H3. The molecule has 0 amide bonds. The van der Waals surface area contributed by atoms with Crippen LogP contribution in [0.25, 0.3) is 0 Å². The highest BCUT2D eigenvalue weighted by Gasteiger charge is 2.03. The van der Waals surface area contributed by atoms with Crippen molar-refractivity contribution in [2.75, 3.05) is 0 Å². The SMILES string of the molecule is CCc1ccc(CCc2cccc(C)n2)c(Cl)c1. The predicted molar refractivity (Wildman–Crippen MR) is 77.2 cm³/mol. The second-order valence-corrected chi connectivity index (χ2v) is 4.96. The molecule has 0 aliphatic heterocycles. The van der Waals surface area contributed by atoms with Crippen molar-refractivity contribution >= 4 is 11.6 Å². The first-order chi connectivity index (χ1) is 8.69. The maximum absolute atomic E-state index is 6.29. The lowest BCUT2D eigenvalue weighted by molar-refractivity contribution is 0.902. The van der Waals surface area contributed by atoms with Gasteiger partial charge in [-0.2, -0.15) is 0 Å². The third kappa shape index (κ3) is 3.33. The fraction of sp³-hybridized carbons (Fsp3) is 0.312. The summed E-state index contributed by atoms with van der Waals surface area (Å²) in [5.74, 6) is 0. The summed E-state index contributed by atoms with van der Waals surface area (Å²) in [6, 6.07) is 12.5. The van der Waals surface area contributed by atoms with Gasteiger partial charge in [0.05, 0.1) is 0 Å². The fourth-order valence-electron chi connectivity index (χ4n) is 2.01. The first-order valence-electron chi connectivity index (χ1n) is 6.39. The minimum atomic E-state index is 0.877. The number of halogens is 1. The Morgan fingerprint density at radius 2 is 1.94 bits per heavy atom. The van der Waals surface area contributed by atoms with Gasteiger partial charge < -0.3 is 0 Å². The van der Waals surface area contributed by atoms with Gasteiger partial charge in [-0.25, -0.2) is 0 Å². The minimum Gasteiger partial charge on any atom is -0.258 e. The van der Waals surface area contributed by atoms with Crippen molar-refractivity contribution in [2.45, 2.75) is 33.1 Å². The molecular formula is C16H18ClN. The third-order valence-corrected chi connectivity index (χ3v) is 3.47. The van der Waals surface area contributed by atoms with Gasteiger partial charge in [0.1, 0.15) is 0 Å². The molecule has 0 aliphatic carbocycles. The van der Waals surface area contributed by atoms with Crippen molar-refractivity contribution in [3.63, 3.8) is 0 Å². The van der Waals surface area contributed by atoms with Crippen molar-refractivity contribution in [3.05, 3.63) is 63.9 Å². The van der Waals surface area contributed by atoms with Gasteiger partial charge in [-0.15, -0.1) is 0 Å². The van der Waals surface area contributed by atoms with E-state index >= 15 is 0 Å². The van der Waals surface area contributed by atoms with Crippen LogP contribution >= 0.6 is 11.6 Å². The van der Waals surface area contributed by atoms with Gasteiger partial charge in [0.15, 0.2) is 0 Å². The topological polar surface area (TPSA) is 12.9 Å². The normalized spacial score (nSPS) is 10.6. The largest absolute Gasteiger partial charge is 0.258 e. The second-order valence-electron chi connectivity index (χ2n) is 4.55. The zero-order chi connectivity index (χ0) is 13.0. The molecule has 1 aromatic heterocycles. The molecule has 1 aromatic carbocycles. The summed E-state index contributed by atoms with van der Waals surface area (Å²) in [4.78, 5) is 4.51. The van der Waals surface area contributed by atoms with E-state index in [2.05, 4.69) is 42.2 Å². The van der Waals surface area contributed by atoms with E-state index in [4.69, 9.17) is 11.6 Å². The van der Waals surface area contributed by atoms with E-state index in [1.807, 2.05) is 13.0 Å². The molecule has 2 aromatic rings. The molecule has 0 unspecified atom stereocenters. The molecule has 2 heteroatoms. The number of hydrogen-bond donors (Lipinski definition) is 0. The number of benzene rings is 1. The van der Waals surface area contributed by atoms with Crippen molar-refractivity contribution in [1.29, 1.82) is 0 Å². The lowest BCUT2D eigenvalue weighted by Crippen LogP contribution is -1.96. The lowest BCUT2D eigenvalue weighted by atomic mass is 10.0. The molecular weight excluding hydrogens is 242 g/mol. The fourth-order valence-corrected chi connectivity index (χ4v) is 2.31. The Hall–Kier alpha value is -1.34. The average molecular weight is 260 g/mol. The van der Waals surface area contributed by atoms with Crippen molar-refractivity contribution in [3.8, 4) is 0 Å². The number of pyridine rings is 1. The van der Waals surface area contributed by atoms with Gasteiger partial charge in [0, 0.05) is 16.4 Å². The van der Waals surface area contributed by atoms with Crippen LogP contribution in [0.2, 0.25) is 5.02 Å². The second kappa shape index (κ2) is 6.01. The molecule has 1 heterocycles. The van der Waals surface area contributed by atoms with Gasteiger partial charge in [-0.05, 0) is 55.5 Å². The van der Waals surface area contributed by atoms with E-state index in [0.717, 1.165) is 35.7 Å². The summed E-state index contributed by atoms with van der Waals surface area (Å²) >= 11 is 6.29. The number of aromatic nitrogens is 1. The van der Waals surface area contributed by atoms with Gasteiger partial charge in [-0.1, -0.05) is 36.7 Å². The molecule has 18 heavy (non-hydrogen) atoms. The molecule has 1 nitrogen and oxygen atoms in total. The highest BCUT2D eigenvalue weighted by Crippen LogP contribution is 2.20. The van der Waals surface area contributed by atoms with Crippen LogP contribution in [0.15, 0.2) is 36.4 Å². The smallest absolute Gasteiger partial charge is 0.0440 e. The molecule has 0 atom stereocenters. The Balaban J connectivity index is 2.06. The van der Waals surface area contributed by atoms with Gasteiger partial charge in [0.25, 0.3) is 0 Å². The summed E-state index contributed by atoms with van der Waals surface area (Å²) in [5.41, 5.74) is 4.69. The van der Waals surface area contributed by atoms with E-state index in [-0.39, 0.29) is 0 Å². The number of aryl methyl sites for hydroxylation is 4. The Kier molecular flexibility index (Phi) is 4.38. The monoisotopic (exact) mass is 259 g/mol. The molecule has 2 rings (SSSR count). The molecule has 94 valence electrons. The Morgan fingerprint density at radius 3 is 2.61 bits per heavy atom. The molecule has 0 fully saturated rings. The van der Waals surface area contributed by atoms with Crippen LogP contribution in [-0.2, 0) is 19.3 Å². The third-order valence-electron chi connectivity index (χ3n) is 3.12. The molecule has 0 saturated heterocycles. The van der Waals surface area contributed by atoms with Crippen molar-refractivity contribution < 1.29 is 0 Å². The zero-order valence-electron chi connectivity index (χ0n) is 10.9. The quantitative estimate of drug-likeness (QED) is 0.794. The molecule has 0 N–H and O–H groups in total. The van der Waals surface area contributed by atoms with Crippen molar-refractivity contribution in [1.82, 2.24) is 4.98 Å². The number of hydrogen-bond acceptors (Lipinski definition) is 1. The number of rotatable bonds is 4. The Labute approximate surface area is 114 Å². The summed E-state index contributed by atoms with van der Waals surface area (Å²) in [6.45, 7) is 4.16. The summed E-state index contributed by atoms with van der Waals surface area (Å²) < 4.78 is 0. The van der Waals surface area contributed by atoms with E-state index in [9.17, 15) is 0 Å². The van der Waals surface area contributed by atoms with E-state index in [1.165, 1.54) is 11.1 Å². The molecule has 0 bridgehead atoms. The number of nitrogens with zero attached hydrogens (tertiary/aromatic N) is 1. The van der Waals surface area contributed by atoms with Crippen LogP contribution in [-0.4, -0.2) is 4.98 Å². The van der Waals surface area contributed by atoms with Gasteiger partial charge in [0.2, 0.25) is 0 Å². The maximum Gasteiger partial charge on any atom is 0.0440 e. The summed E-state index contributed by atoms with van der Waals surface area (Å²) in [7, 11) is 0. The zero-order valence-corrected chi connectivity index (χ0v) is 11.7.